The van der Waals surface area contributed by atoms with Crippen LogP contribution in [0.2, 0.25) is 0 Å². The predicted octanol–water partition coefficient (Wildman–Crippen LogP) is -0.748. The number of aromatic amines is 1. The van der Waals surface area contributed by atoms with Crippen LogP contribution in [0.1, 0.15) is 43.6 Å². The quantitative estimate of drug-likeness (QED) is 0.535. The van der Waals surface area contributed by atoms with Crippen LogP contribution < -0.4 is 10.9 Å². The summed E-state index contributed by atoms with van der Waals surface area (Å²) in [6.07, 6.45) is 4.29. The zero-order chi connectivity index (χ0) is 15.0. The van der Waals surface area contributed by atoms with Gasteiger partial charge in [0.1, 0.15) is 11.4 Å². The first-order chi connectivity index (χ1) is 10.1. The van der Waals surface area contributed by atoms with Gasteiger partial charge in [0.2, 0.25) is 5.82 Å². The number of aliphatic hydroxyl groups is 1. The van der Waals surface area contributed by atoms with Gasteiger partial charge in [-0.05, 0) is 26.2 Å². The lowest BCUT2D eigenvalue weighted by atomic mass is 9.93. The van der Waals surface area contributed by atoms with E-state index < -0.39 is 0 Å². The fraction of sp³-hybridized carbons (Fsp3) is 0.643. The first-order valence-corrected chi connectivity index (χ1v) is 7.50. The Balaban J connectivity index is 1.86. The minimum Gasteiger partial charge on any atom is -0.390 e. The molecule has 1 aliphatic heterocycles. The molecule has 0 aromatic carbocycles. The number of nitrogens with one attached hydrogen (secondary N) is 2. The smallest absolute Gasteiger partial charge is 0.266 e. The molecule has 1 aromatic heterocycles. The van der Waals surface area contributed by atoms with Crippen molar-refractivity contribution < 1.29 is 10.4 Å². The topological polar surface area (TPSA) is 110 Å². The van der Waals surface area contributed by atoms with Crippen molar-refractivity contribution in [2.45, 2.75) is 44.4 Å². The van der Waals surface area contributed by atoms with Gasteiger partial charge in [0.15, 0.2) is 0 Å². The van der Waals surface area contributed by atoms with E-state index in [2.05, 4.69) is 14.9 Å². The Hall–Kier alpha value is -1.57. The Morgan fingerprint density at radius 2 is 2.24 bits per heavy atom. The van der Waals surface area contributed by atoms with Crippen LogP contribution in [-0.4, -0.2) is 51.4 Å². The average molecular weight is 292 g/mol. The molecule has 3 rings (SSSR count). The lowest BCUT2D eigenvalue weighted by Crippen LogP contribution is -2.87. The highest BCUT2D eigenvalue weighted by atomic mass is 16.3. The number of hydrogen-bond acceptors (Lipinski definition) is 5. The van der Waals surface area contributed by atoms with E-state index in [-0.39, 0.29) is 17.7 Å². The number of aliphatic hydroxyl groups excluding tert-OH is 1. The summed E-state index contributed by atoms with van der Waals surface area (Å²) in [7, 11) is 0. The lowest BCUT2D eigenvalue weighted by Gasteiger charge is -2.39. The van der Waals surface area contributed by atoms with Crippen LogP contribution in [-0.2, 0) is 0 Å². The molecule has 21 heavy (non-hydrogen) atoms. The molecule has 7 nitrogen and oxygen atoms in total. The van der Waals surface area contributed by atoms with Gasteiger partial charge >= 0.3 is 0 Å². The highest BCUT2D eigenvalue weighted by Crippen LogP contribution is 2.23. The maximum atomic E-state index is 12.1. The molecule has 1 aliphatic carbocycles. The molecule has 2 aliphatic rings. The molecule has 2 heterocycles. The first kappa shape index (κ1) is 14.4. The van der Waals surface area contributed by atoms with Gasteiger partial charge in [-0.2, -0.15) is 4.98 Å². The summed E-state index contributed by atoms with van der Waals surface area (Å²) in [6.45, 7) is 3.19. The molecule has 2 fully saturated rings. The Morgan fingerprint density at radius 3 is 2.76 bits per heavy atom. The van der Waals surface area contributed by atoms with E-state index >= 15 is 0 Å². The second-order valence-corrected chi connectivity index (χ2v) is 6.04. The summed E-state index contributed by atoms with van der Waals surface area (Å²) >= 11 is 0. The highest BCUT2D eigenvalue weighted by Gasteiger charge is 2.32. The molecule has 7 heteroatoms. The molecule has 114 valence electrons. The minimum atomic E-state index is -0.277. The first-order valence-electron chi connectivity index (χ1n) is 7.50. The van der Waals surface area contributed by atoms with Gasteiger partial charge < -0.3 is 15.5 Å². The van der Waals surface area contributed by atoms with Crippen LogP contribution in [0, 0.1) is 5.41 Å². The molecule has 0 amide bonds. The van der Waals surface area contributed by atoms with E-state index in [1.54, 1.807) is 0 Å². The summed E-state index contributed by atoms with van der Waals surface area (Å²) in [5, 5.41) is 18.9. The third kappa shape index (κ3) is 2.76. The van der Waals surface area contributed by atoms with Crippen molar-refractivity contribution in [2.24, 2.45) is 0 Å². The second-order valence-electron chi connectivity index (χ2n) is 6.04. The maximum absolute atomic E-state index is 12.1. The van der Waals surface area contributed by atoms with Gasteiger partial charge in [0.25, 0.3) is 5.56 Å². The Kier molecular flexibility index (Phi) is 3.88. The predicted molar refractivity (Wildman–Crippen MR) is 78.0 cm³/mol. The summed E-state index contributed by atoms with van der Waals surface area (Å²) in [6, 6.07) is 0.446. The van der Waals surface area contributed by atoms with Crippen molar-refractivity contribution >= 4 is 12.0 Å². The zero-order valence-corrected chi connectivity index (χ0v) is 12.2. The van der Waals surface area contributed by atoms with Crippen molar-refractivity contribution in [2.75, 3.05) is 13.1 Å². The van der Waals surface area contributed by atoms with Crippen molar-refractivity contribution in [3.63, 3.8) is 0 Å². The van der Waals surface area contributed by atoms with E-state index in [1.807, 2.05) is 12.2 Å². The van der Waals surface area contributed by atoms with Crippen LogP contribution in [0.25, 0.3) is 0 Å². The number of nitrogens with zero attached hydrogens (tertiary/aromatic N) is 2. The van der Waals surface area contributed by atoms with Crippen LogP contribution in [0.4, 0.5) is 5.82 Å². The fourth-order valence-corrected chi connectivity index (χ4v) is 2.79. The molecule has 1 saturated carbocycles. The zero-order valence-electron chi connectivity index (χ0n) is 12.2. The molecular formula is C14H22N5O2+. The molecule has 0 radical (unpaired) electrons. The molecule has 0 unspecified atom stereocenters. The van der Waals surface area contributed by atoms with Crippen LogP contribution in [0.15, 0.2) is 4.79 Å². The number of β-amino-alcohol motifs (C(OH)–C–C–N with tert-alkyl or cyclic N) is 1. The monoisotopic (exact) mass is 292 g/mol. The second kappa shape index (κ2) is 5.67. The number of aromatic nitrogens is 2. The molecule has 1 saturated heterocycles. The summed E-state index contributed by atoms with van der Waals surface area (Å²) in [5.41, 5.74) is 0.0787. The Morgan fingerprint density at radius 1 is 1.52 bits per heavy atom. The highest BCUT2D eigenvalue weighted by molar-refractivity contribution is 5.80. The van der Waals surface area contributed by atoms with Crippen molar-refractivity contribution in [1.29, 1.82) is 5.41 Å². The van der Waals surface area contributed by atoms with Gasteiger partial charge in [-0.1, -0.05) is 0 Å². The number of nitrogens with two attached hydrogens (primary N) is 1. The number of quaternary nitrogens is 1. The molecular weight excluding hydrogens is 270 g/mol. The number of hydrogen-bond donors (Lipinski definition) is 4. The van der Waals surface area contributed by atoms with Gasteiger partial charge in [0, 0.05) is 19.3 Å². The number of likely N-dealkylation sites (tertiary alicyclic amines) is 1. The maximum Gasteiger partial charge on any atom is 0.266 e. The third-order valence-corrected chi connectivity index (χ3v) is 4.52. The minimum absolute atomic E-state index is 0.0329. The summed E-state index contributed by atoms with van der Waals surface area (Å²) < 4.78 is 0. The van der Waals surface area contributed by atoms with E-state index in [0.717, 1.165) is 19.1 Å². The molecule has 5 N–H and O–H groups in total. The molecule has 1 aromatic rings. The van der Waals surface area contributed by atoms with Crippen molar-refractivity contribution in [3.05, 3.63) is 21.7 Å². The third-order valence-electron chi connectivity index (χ3n) is 4.52. The van der Waals surface area contributed by atoms with Crippen LogP contribution >= 0.6 is 0 Å². The van der Waals surface area contributed by atoms with Gasteiger partial charge in [0.05, 0.1) is 18.2 Å². The normalized spacial score (nSPS) is 21.6. The number of H-pyrrole nitrogens is 1. The SMILES string of the molecule is C[C@H](c1nc([NH2+]C2CCC2)c(C=N)c(=O)[nH]1)N1CC(O)C1. The Labute approximate surface area is 122 Å². The Bertz CT molecular complexity index is 590. The standard InChI is InChI=1S/C14H21N5O2/c1-8(19-6-10(20)7-19)12-17-13(16-9-3-2-4-9)11(5-15)14(21)18-12/h5,8-10,15,20H,2-4,6-7H2,1H3,(H2,16,17,18,21)/p+1/t8-/m1/s1. The van der Waals surface area contributed by atoms with Crippen LogP contribution in [0.5, 0.6) is 0 Å². The van der Waals surface area contributed by atoms with Gasteiger partial charge in [-0.3, -0.25) is 15.0 Å². The van der Waals surface area contributed by atoms with Crippen molar-refractivity contribution in [1.82, 2.24) is 14.9 Å². The summed E-state index contributed by atoms with van der Waals surface area (Å²) in [5.74, 6) is 1.24. The average Bonchev–Trinajstić information content (AvgIpc) is 2.38. The van der Waals surface area contributed by atoms with E-state index in [4.69, 9.17) is 5.41 Å². The molecule has 0 bridgehead atoms. The molecule has 1 atom stereocenters. The van der Waals surface area contributed by atoms with Crippen LogP contribution in [0.3, 0.4) is 0 Å². The van der Waals surface area contributed by atoms with E-state index in [0.29, 0.717) is 36.3 Å². The lowest BCUT2D eigenvalue weighted by molar-refractivity contribution is -0.626. The van der Waals surface area contributed by atoms with Crippen molar-refractivity contribution in [3.8, 4) is 0 Å². The van der Waals surface area contributed by atoms with Gasteiger partial charge in [-0.25, -0.2) is 0 Å². The van der Waals surface area contributed by atoms with E-state index in [1.165, 1.54) is 6.42 Å². The largest absolute Gasteiger partial charge is 0.390 e. The molecule has 0 spiro atoms. The fourth-order valence-electron chi connectivity index (χ4n) is 2.79. The van der Waals surface area contributed by atoms with Gasteiger partial charge in [-0.15, -0.1) is 0 Å². The summed E-state index contributed by atoms with van der Waals surface area (Å²) in [4.78, 5) is 21.6. The van der Waals surface area contributed by atoms with E-state index in [9.17, 15) is 9.90 Å². The number of rotatable bonds is 5.